The summed E-state index contributed by atoms with van der Waals surface area (Å²) in [5.41, 5.74) is 3.45. The molecule has 0 saturated heterocycles. The first kappa shape index (κ1) is 16.7. The number of aromatic nitrogens is 1. The first-order chi connectivity index (χ1) is 11.5. The Balaban J connectivity index is 1.86. The maximum atomic E-state index is 12.4. The molecule has 1 aromatic heterocycles. The van der Waals surface area contributed by atoms with Gasteiger partial charge in [0.15, 0.2) is 0 Å². The summed E-state index contributed by atoms with van der Waals surface area (Å²) in [7, 11) is 1.62. The first-order valence-corrected chi connectivity index (χ1v) is 8.13. The molecule has 3 rings (SSSR count). The average molecular weight is 363 g/mol. The highest BCUT2D eigenvalue weighted by atomic mass is 35.5. The number of carbonyl (C=O) groups is 1. The van der Waals surface area contributed by atoms with Crippen molar-refractivity contribution < 1.29 is 9.53 Å². The third-order valence-corrected chi connectivity index (χ3v) is 4.25. The van der Waals surface area contributed by atoms with Crippen LogP contribution >= 0.6 is 23.2 Å². The van der Waals surface area contributed by atoms with Gasteiger partial charge in [-0.2, -0.15) is 0 Å². The number of hydrogen-bond donors (Lipinski definition) is 2. The molecule has 1 heterocycles. The molecule has 0 aliphatic carbocycles. The highest BCUT2D eigenvalue weighted by molar-refractivity contribution is 6.35. The van der Waals surface area contributed by atoms with Crippen molar-refractivity contribution in [2.75, 3.05) is 12.4 Å². The number of aromatic amines is 1. The number of amides is 1. The molecule has 4 nitrogen and oxygen atoms in total. The molecule has 0 fully saturated rings. The second-order valence-corrected chi connectivity index (χ2v) is 6.40. The number of ether oxygens (including phenoxy) is 1. The quantitative estimate of drug-likeness (QED) is 0.687. The third-order valence-electron chi connectivity index (χ3n) is 3.81. The van der Waals surface area contributed by atoms with E-state index >= 15 is 0 Å². The van der Waals surface area contributed by atoms with Gasteiger partial charge >= 0.3 is 0 Å². The highest BCUT2D eigenvalue weighted by Crippen LogP contribution is 2.27. The van der Waals surface area contributed by atoms with Gasteiger partial charge in [0.05, 0.1) is 13.5 Å². The molecule has 1 amide bonds. The van der Waals surface area contributed by atoms with Gasteiger partial charge < -0.3 is 15.0 Å². The lowest BCUT2D eigenvalue weighted by atomic mass is 10.1. The molecule has 0 unspecified atom stereocenters. The summed E-state index contributed by atoms with van der Waals surface area (Å²) in [6.07, 6.45) is 0.239. The Bertz CT molecular complexity index is 899. The van der Waals surface area contributed by atoms with Crippen molar-refractivity contribution in [3.8, 4) is 5.75 Å². The predicted octanol–water partition coefficient (Wildman–Crippen LogP) is 4.97. The smallest absolute Gasteiger partial charge is 0.228 e. The lowest BCUT2D eigenvalue weighted by Gasteiger charge is -2.07. The molecular weight excluding hydrogens is 347 g/mol. The summed E-state index contributed by atoms with van der Waals surface area (Å²) >= 11 is 11.9. The Kier molecular flexibility index (Phi) is 4.69. The summed E-state index contributed by atoms with van der Waals surface area (Å²) in [4.78, 5) is 15.7. The fourth-order valence-corrected chi connectivity index (χ4v) is 3.23. The summed E-state index contributed by atoms with van der Waals surface area (Å²) in [6, 6.07) is 10.7. The van der Waals surface area contributed by atoms with Crippen LogP contribution in [0.5, 0.6) is 5.75 Å². The number of carbonyl (C=O) groups excluding carboxylic acids is 1. The maximum absolute atomic E-state index is 12.4. The molecule has 0 bridgehead atoms. The Morgan fingerprint density at radius 2 is 1.88 bits per heavy atom. The minimum Gasteiger partial charge on any atom is -0.497 e. The van der Waals surface area contributed by atoms with Crippen molar-refractivity contribution in [1.82, 2.24) is 4.98 Å². The van der Waals surface area contributed by atoms with Gasteiger partial charge in [-0.1, -0.05) is 23.2 Å². The van der Waals surface area contributed by atoms with Crippen LogP contribution in [0.15, 0.2) is 36.4 Å². The average Bonchev–Trinajstić information content (AvgIpc) is 2.81. The summed E-state index contributed by atoms with van der Waals surface area (Å²) in [5.74, 6) is 0.616. The number of anilines is 1. The Labute approximate surface area is 149 Å². The minimum absolute atomic E-state index is 0.139. The van der Waals surface area contributed by atoms with Gasteiger partial charge in [-0.15, -0.1) is 0 Å². The van der Waals surface area contributed by atoms with E-state index in [0.717, 1.165) is 27.9 Å². The van der Waals surface area contributed by atoms with Crippen LogP contribution in [-0.2, 0) is 11.2 Å². The van der Waals surface area contributed by atoms with E-state index in [9.17, 15) is 4.79 Å². The third kappa shape index (κ3) is 3.50. The van der Waals surface area contributed by atoms with Crippen molar-refractivity contribution in [3.63, 3.8) is 0 Å². The van der Waals surface area contributed by atoms with E-state index in [4.69, 9.17) is 27.9 Å². The van der Waals surface area contributed by atoms with E-state index in [-0.39, 0.29) is 12.3 Å². The molecule has 0 saturated carbocycles. The van der Waals surface area contributed by atoms with Crippen molar-refractivity contribution in [2.45, 2.75) is 13.3 Å². The summed E-state index contributed by atoms with van der Waals surface area (Å²) in [6.45, 7) is 1.95. The zero-order chi connectivity index (χ0) is 17.3. The van der Waals surface area contributed by atoms with E-state index in [0.29, 0.717) is 15.7 Å². The van der Waals surface area contributed by atoms with Crippen molar-refractivity contribution in [3.05, 3.63) is 57.7 Å². The largest absolute Gasteiger partial charge is 0.497 e. The first-order valence-electron chi connectivity index (χ1n) is 7.37. The van der Waals surface area contributed by atoms with E-state index in [1.165, 1.54) is 0 Å². The molecule has 0 radical (unpaired) electrons. The molecule has 124 valence electrons. The fourth-order valence-electron chi connectivity index (χ4n) is 2.71. The maximum Gasteiger partial charge on any atom is 0.228 e. The number of benzene rings is 2. The van der Waals surface area contributed by atoms with Crippen LogP contribution in [0.3, 0.4) is 0 Å². The second-order valence-electron chi connectivity index (χ2n) is 5.52. The number of hydrogen-bond acceptors (Lipinski definition) is 2. The Morgan fingerprint density at radius 3 is 2.54 bits per heavy atom. The van der Waals surface area contributed by atoms with Crippen LogP contribution in [0, 0.1) is 6.92 Å². The van der Waals surface area contributed by atoms with E-state index in [1.54, 1.807) is 25.3 Å². The zero-order valence-corrected chi connectivity index (χ0v) is 14.8. The number of aryl methyl sites for hydroxylation is 1. The Morgan fingerprint density at radius 1 is 1.17 bits per heavy atom. The lowest BCUT2D eigenvalue weighted by molar-refractivity contribution is -0.115. The van der Waals surface area contributed by atoms with Crippen LogP contribution in [0.4, 0.5) is 5.69 Å². The number of rotatable bonds is 4. The fraction of sp³-hybridized carbons (Fsp3) is 0.167. The molecule has 0 aliphatic rings. The summed E-state index contributed by atoms with van der Waals surface area (Å²) in [5, 5.41) is 4.76. The number of H-pyrrole nitrogens is 1. The Hall–Kier alpha value is -2.17. The van der Waals surface area contributed by atoms with E-state index < -0.39 is 0 Å². The van der Waals surface area contributed by atoms with Gasteiger partial charge in [0.2, 0.25) is 5.91 Å². The monoisotopic (exact) mass is 362 g/mol. The molecule has 3 aromatic rings. The predicted molar refractivity (Wildman–Crippen MR) is 98.4 cm³/mol. The van der Waals surface area contributed by atoms with E-state index in [1.807, 2.05) is 25.1 Å². The number of halogens is 2. The number of fused-ring (bicyclic) bond motifs is 1. The van der Waals surface area contributed by atoms with Crippen molar-refractivity contribution in [1.29, 1.82) is 0 Å². The molecule has 0 spiro atoms. The number of nitrogens with one attached hydrogen (secondary N) is 2. The van der Waals surface area contributed by atoms with Crippen molar-refractivity contribution in [2.24, 2.45) is 0 Å². The number of methoxy groups -OCH3 is 1. The molecule has 2 N–H and O–H groups in total. The highest BCUT2D eigenvalue weighted by Gasteiger charge is 2.14. The van der Waals surface area contributed by atoms with Crippen LogP contribution in [0.25, 0.3) is 10.9 Å². The topological polar surface area (TPSA) is 54.1 Å². The molecule has 0 atom stereocenters. The zero-order valence-electron chi connectivity index (χ0n) is 13.2. The van der Waals surface area contributed by atoms with Gasteiger partial charge in [-0.25, -0.2) is 0 Å². The normalized spacial score (nSPS) is 10.8. The van der Waals surface area contributed by atoms with Gasteiger partial charge in [-0.05, 0) is 48.9 Å². The SMILES string of the molecule is COc1ccc2[nH]c(C)c(CC(=O)Nc3cc(Cl)cc(Cl)c3)c2c1. The molecular formula is C18H16Cl2N2O2. The molecule has 6 heteroatoms. The van der Waals surface area contributed by atoms with Crippen LogP contribution in [0.2, 0.25) is 10.0 Å². The standard InChI is InChI=1S/C18H16Cl2N2O2/c1-10-15(16-8-14(24-2)3-4-17(16)21-10)9-18(23)22-13-6-11(19)5-12(20)7-13/h3-8,21H,9H2,1-2H3,(H,22,23). The molecule has 0 aliphatic heterocycles. The van der Waals surface area contributed by atoms with Gasteiger partial charge in [0, 0.05) is 32.3 Å². The second kappa shape index (κ2) is 6.75. The van der Waals surface area contributed by atoms with Gasteiger partial charge in [0.1, 0.15) is 5.75 Å². The van der Waals surface area contributed by atoms with Crippen LogP contribution in [0.1, 0.15) is 11.3 Å². The minimum atomic E-state index is -0.139. The molecule has 2 aromatic carbocycles. The lowest BCUT2D eigenvalue weighted by Crippen LogP contribution is -2.14. The van der Waals surface area contributed by atoms with Crippen LogP contribution in [-0.4, -0.2) is 18.0 Å². The van der Waals surface area contributed by atoms with Gasteiger partial charge in [-0.3, -0.25) is 4.79 Å². The van der Waals surface area contributed by atoms with Crippen molar-refractivity contribution >= 4 is 45.7 Å². The van der Waals surface area contributed by atoms with E-state index in [2.05, 4.69) is 10.3 Å². The molecule has 24 heavy (non-hydrogen) atoms. The van der Waals surface area contributed by atoms with Gasteiger partial charge in [0.25, 0.3) is 0 Å². The summed E-state index contributed by atoms with van der Waals surface area (Å²) < 4.78 is 5.27. The van der Waals surface area contributed by atoms with Crippen LogP contribution < -0.4 is 10.1 Å².